The molecule has 2 heteroatoms. The summed E-state index contributed by atoms with van der Waals surface area (Å²) in [6.45, 7) is 6.09. The highest BCUT2D eigenvalue weighted by Crippen LogP contribution is 2.30. The number of furan rings is 1. The largest absolute Gasteiger partial charge is 0.456 e. The zero-order valence-electron chi connectivity index (χ0n) is 10.3. The van der Waals surface area contributed by atoms with Crippen molar-refractivity contribution in [1.29, 1.82) is 0 Å². The smallest absolute Gasteiger partial charge is 0.136 e. The van der Waals surface area contributed by atoms with Crippen molar-refractivity contribution in [2.45, 2.75) is 20.8 Å². The summed E-state index contributed by atoms with van der Waals surface area (Å²) in [7, 11) is 0. The van der Waals surface area contributed by atoms with Gasteiger partial charge in [0.2, 0.25) is 0 Å². The Hall–Kier alpha value is -1.28. The molecule has 0 aliphatic rings. The summed E-state index contributed by atoms with van der Waals surface area (Å²) in [6.07, 6.45) is 0. The maximum atomic E-state index is 5.76. The molecule has 0 amide bonds. The van der Waals surface area contributed by atoms with Crippen molar-refractivity contribution in [2.75, 3.05) is 0 Å². The minimum Gasteiger partial charge on any atom is -0.456 e. The van der Waals surface area contributed by atoms with E-state index in [1.807, 2.05) is 32.0 Å². The lowest BCUT2D eigenvalue weighted by Gasteiger charge is -1.91. The van der Waals surface area contributed by atoms with Crippen molar-refractivity contribution < 1.29 is 4.42 Å². The monoisotopic (exact) mass is 290 g/mol. The molecule has 0 bridgehead atoms. The highest BCUT2D eigenvalue weighted by Gasteiger charge is 2.06. The van der Waals surface area contributed by atoms with Gasteiger partial charge in [-0.1, -0.05) is 41.4 Å². The van der Waals surface area contributed by atoms with Crippen molar-refractivity contribution in [1.82, 2.24) is 0 Å². The van der Waals surface area contributed by atoms with Crippen LogP contribution in [0.1, 0.15) is 19.4 Å². The molecule has 17 heavy (non-hydrogen) atoms. The molecule has 1 nitrogen and oxygen atoms in total. The van der Waals surface area contributed by atoms with Gasteiger partial charge in [0.15, 0.2) is 0 Å². The van der Waals surface area contributed by atoms with Gasteiger partial charge in [-0.2, -0.15) is 0 Å². The molecule has 0 aliphatic carbocycles. The number of rotatable bonds is 0. The van der Waals surface area contributed by atoms with E-state index in [-0.39, 0.29) is 0 Å². The molecular weight excluding hydrogens is 276 g/mol. The second-order valence-corrected chi connectivity index (χ2v) is 4.66. The molecule has 0 saturated heterocycles. The van der Waals surface area contributed by atoms with E-state index < -0.39 is 0 Å². The molecule has 0 N–H and O–H groups in total. The average Bonchev–Trinajstić information content (AvgIpc) is 2.68. The molecule has 1 heterocycles. The molecule has 0 saturated carbocycles. The number of hydrogen-bond donors (Lipinski definition) is 0. The fraction of sp³-hybridized carbons (Fsp3) is 0.200. The number of fused-ring (bicyclic) bond motifs is 3. The van der Waals surface area contributed by atoms with Gasteiger partial charge in [-0.05, 0) is 37.3 Å². The van der Waals surface area contributed by atoms with E-state index in [0.717, 1.165) is 15.6 Å². The maximum absolute atomic E-state index is 5.76. The second-order valence-electron chi connectivity index (χ2n) is 3.74. The van der Waals surface area contributed by atoms with Gasteiger partial charge < -0.3 is 4.42 Å². The van der Waals surface area contributed by atoms with Crippen molar-refractivity contribution >= 4 is 37.9 Å². The Bertz CT molecular complexity index is 652. The Morgan fingerprint density at radius 2 is 1.65 bits per heavy atom. The molecule has 3 rings (SSSR count). The van der Waals surface area contributed by atoms with E-state index in [9.17, 15) is 0 Å². The summed E-state index contributed by atoms with van der Waals surface area (Å²) in [5, 5.41) is 2.37. The SMILES string of the molecule is CC.Cc1ccc2oc3cc(Br)ccc3c2c1. The Balaban J connectivity index is 0.000000514. The van der Waals surface area contributed by atoms with E-state index in [1.54, 1.807) is 0 Å². The predicted octanol–water partition coefficient (Wildman–Crippen LogP) is 5.68. The minimum absolute atomic E-state index is 0.935. The molecule has 2 aromatic carbocycles. The van der Waals surface area contributed by atoms with Crippen LogP contribution in [0.15, 0.2) is 45.3 Å². The van der Waals surface area contributed by atoms with Crippen LogP contribution >= 0.6 is 15.9 Å². The highest BCUT2D eigenvalue weighted by atomic mass is 79.9. The van der Waals surface area contributed by atoms with Gasteiger partial charge in [0.1, 0.15) is 11.2 Å². The summed E-state index contributed by atoms with van der Waals surface area (Å²) < 4.78 is 6.81. The summed E-state index contributed by atoms with van der Waals surface area (Å²) >= 11 is 3.44. The van der Waals surface area contributed by atoms with Crippen LogP contribution in [0.2, 0.25) is 0 Å². The third-order valence-electron chi connectivity index (χ3n) is 2.59. The molecular formula is C15H15BrO. The molecule has 88 valence electrons. The standard InChI is InChI=1S/C13H9BrO.C2H6/c1-8-2-5-12-11(6-8)10-4-3-9(14)7-13(10)15-12;1-2/h2-7H,1H3;1-2H3. The summed E-state index contributed by atoms with van der Waals surface area (Å²) in [5.41, 5.74) is 3.15. The summed E-state index contributed by atoms with van der Waals surface area (Å²) in [4.78, 5) is 0. The lowest BCUT2D eigenvalue weighted by molar-refractivity contribution is 0.668. The quantitative estimate of drug-likeness (QED) is 0.519. The van der Waals surface area contributed by atoms with Crippen molar-refractivity contribution in [3.05, 3.63) is 46.4 Å². The third-order valence-corrected chi connectivity index (χ3v) is 3.08. The van der Waals surface area contributed by atoms with E-state index in [2.05, 4.69) is 41.1 Å². The molecule has 1 aromatic heterocycles. The van der Waals surface area contributed by atoms with Gasteiger partial charge in [0.25, 0.3) is 0 Å². The molecule has 0 radical (unpaired) electrons. The van der Waals surface area contributed by atoms with E-state index in [4.69, 9.17) is 4.42 Å². The van der Waals surface area contributed by atoms with E-state index in [1.165, 1.54) is 16.3 Å². The first-order valence-electron chi connectivity index (χ1n) is 5.82. The summed E-state index contributed by atoms with van der Waals surface area (Å²) in [5.74, 6) is 0. The fourth-order valence-electron chi connectivity index (χ4n) is 1.86. The molecule has 0 fully saturated rings. The number of hydrogen-bond acceptors (Lipinski definition) is 1. The second kappa shape index (κ2) is 4.92. The normalized spacial score (nSPS) is 10.4. The first kappa shape index (κ1) is 12.2. The lowest BCUT2D eigenvalue weighted by atomic mass is 10.1. The van der Waals surface area contributed by atoms with Crippen molar-refractivity contribution in [2.24, 2.45) is 0 Å². The number of halogens is 1. The molecule has 3 aromatic rings. The van der Waals surface area contributed by atoms with Gasteiger partial charge in [0, 0.05) is 15.2 Å². The Morgan fingerprint density at radius 1 is 0.882 bits per heavy atom. The first-order chi connectivity index (χ1) is 8.24. The molecule has 0 unspecified atom stereocenters. The highest BCUT2D eigenvalue weighted by molar-refractivity contribution is 9.10. The first-order valence-corrected chi connectivity index (χ1v) is 6.62. The van der Waals surface area contributed by atoms with E-state index in [0.29, 0.717) is 0 Å². The predicted molar refractivity (Wildman–Crippen MR) is 77.5 cm³/mol. The van der Waals surface area contributed by atoms with Gasteiger partial charge in [0.05, 0.1) is 0 Å². The fourth-order valence-corrected chi connectivity index (χ4v) is 2.20. The van der Waals surface area contributed by atoms with Crippen molar-refractivity contribution in [3.8, 4) is 0 Å². The zero-order valence-corrected chi connectivity index (χ0v) is 11.8. The topological polar surface area (TPSA) is 13.1 Å². The summed E-state index contributed by atoms with van der Waals surface area (Å²) in [6, 6.07) is 12.4. The Kier molecular flexibility index (Phi) is 3.53. The van der Waals surface area contributed by atoms with Crippen LogP contribution in [0.3, 0.4) is 0 Å². The van der Waals surface area contributed by atoms with Crippen LogP contribution in [0.5, 0.6) is 0 Å². The molecule has 0 aliphatic heterocycles. The van der Waals surface area contributed by atoms with Gasteiger partial charge >= 0.3 is 0 Å². The third kappa shape index (κ3) is 2.22. The number of aryl methyl sites for hydroxylation is 1. The zero-order chi connectivity index (χ0) is 12.4. The van der Waals surface area contributed by atoms with Crippen LogP contribution < -0.4 is 0 Å². The van der Waals surface area contributed by atoms with Crippen molar-refractivity contribution in [3.63, 3.8) is 0 Å². The van der Waals surface area contributed by atoms with Crippen LogP contribution in [-0.2, 0) is 0 Å². The van der Waals surface area contributed by atoms with Crippen LogP contribution in [0.25, 0.3) is 21.9 Å². The molecule has 0 atom stereocenters. The lowest BCUT2D eigenvalue weighted by Crippen LogP contribution is -1.70. The van der Waals surface area contributed by atoms with Gasteiger partial charge in [-0.3, -0.25) is 0 Å². The van der Waals surface area contributed by atoms with Crippen LogP contribution in [-0.4, -0.2) is 0 Å². The maximum Gasteiger partial charge on any atom is 0.136 e. The Labute approximate surface area is 110 Å². The van der Waals surface area contributed by atoms with Crippen LogP contribution in [0, 0.1) is 6.92 Å². The van der Waals surface area contributed by atoms with Gasteiger partial charge in [-0.25, -0.2) is 0 Å². The van der Waals surface area contributed by atoms with E-state index >= 15 is 0 Å². The number of benzene rings is 2. The van der Waals surface area contributed by atoms with Gasteiger partial charge in [-0.15, -0.1) is 0 Å². The average molecular weight is 291 g/mol. The minimum atomic E-state index is 0.935. The van der Waals surface area contributed by atoms with Crippen LogP contribution in [0.4, 0.5) is 0 Å². The Morgan fingerprint density at radius 3 is 2.41 bits per heavy atom. The molecule has 0 spiro atoms.